The molecule has 14 nitrogen and oxygen atoms in total. The van der Waals surface area contributed by atoms with Crippen LogP contribution in [0.5, 0.6) is 0 Å². The predicted octanol–water partition coefficient (Wildman–Crippen LogP) is 3.62. The van der Waals surface area contributed by atoms with Gasteiger partial charge in [0.05, 0.1) is 19.2 Å². The van der Waals surface area contributed by atoms with Crippen LogP contribution in [0, 0.1) is 11.8 Å². The van der Waals surface area contributed by atoms with Crippen molar-refractivity contribution >= 4 is 41.4 Å². The molecule has 6 amide bonds. The molecule has 1 aliphatic heterocycles. The molecule has 2 fully saturated rings. The first-order valence-corrected chi connectivity index (χ1v) is 19.8. The summed E-state index contributed by atoms with van der Waals surface area (Å²) in [7, 11) is 3.12. The molecule has 1 aliphatic carbocycles. The minimum Gasteiger partial charge on any atom is -0.449 e. The highest BCUT2D eigenvalue weighted by Gasteiger charge is 2.45. The van der Waals surface area contributed by atoms with Gasteiger partial charge in [-0.2, -0.15) is 0 Å². The first kappa shape index (κ1) is 43.5. The summed E-state index contributed by atoms with van der Waals surface area (Å²) in [5.41, 5.74) is 1.49. The summed E-state index contributed by atoms with van der Waals surface area (Å²) in [5, 5.41) is 10.6. The minimum absolute atomic E-state index is 0.103. The van der Waals surface area contributed by atoms with Crippen LogP contribution < -0.4 is 21.3 Å². The zero-order valence-corrected chi connectivity index (χ0v) is 33.3. The highest BCUT2D eigenvalue weighted by atomic mass is 16.5. The second-order valence-electron chi connectivity index (χ2n) is 15.4. The summed E-state index contributed by atoms with van der Waals surface area (Å²) in [5.74, 6) is -4.29. The van der Waals surface area contributed by atoms with Crippen LogP contribution in [0.4, 0.5) is 4.79 Å². The molecule has 2 aliphatic rings. The summed E-state index contributed by atoms with van der Waals surface area (Å²) >= 11 is 0. The van der Waals surface area contributed by atoms with Gasteiger partial charge in [-0.1, -0.05) is 107 Å². The van der Waals surface area contributed by atoms with Crippen molar-refractivity contribution in [1.82, 2.24) is 31.1 Å². The quantitative estimate of drug-likeness (QED) is 0.176. The van der Waals surface area contributed by atoms with Crippen LogP contribution in [0.2, 0.25) is 0 Å². The van der Waals surface area contributed by atoms with Gasteiger partial charge in [0.1, 0.15) is 18.1 Å². The number of nitrogens with one attached hydrogen (secondary N) is 4. The van der Waals surface area contributed by atoms with Gasteiger partial charge in [-0.3, -0.25) is 28.8 Å². The molecular formula is C42H58N6O8. The third-order valence-corrected chi connectivity index (χ3v) is 10.3. The van der Waals surface area contributed by atoms with Gasteiger partial charge in [0, 0.05) is 26.6 Å². The van der Waals surface area contributed by atoms with Gasteiger partial charge in [0.25, 0.3) is 5.91 Å². The first-order valence-electron chi connectivity index (χ1n) is 19.8. The average molecular weight is 775 g/mol. The zero-order valence-electron chi connectivity index (χ0n) is 33.3. The smallest absolute Gasteiger partial charge is 0.407 e. The van der Waals surface area contributed by atoms with E-state index in [9.17, 15) is 33.6 Å². The fourth-order valence-electron chi connectivity index (χ4n) is 7.37. The van der Waals surface area contributed by atoms with E-state index in [1.54, 1.807) is 51.4 Å². The van der Waals surface area contributed by atoms with Crippen molar-refractivity contribution in [2.75, 3.05) is 33.8 Å². The lowest BCUT2D eigenvalue weighted by molar-refractivity contribution is -0.143. The number of carbonyl (C=O) groups is 7. The molecule has 5 atom stereocenters. The second-order valence-corrected chi connectivity index (χ2v) is 15.4. The van der Waals surface area contributed by atoms with E-state index in [2.05, 4.69) is 21.3 Å². The van der Waals surface area contributed by atoms with Gasteiger partial charge in [-0.25, -0.2) is 4.79 Å². The molecule has 0 spiro atoms. The third-order valence-electron chi connectivity index (χ3n) is 10.3. The van der Waals surface area contributed by atoms with Crippen molar-refractivity contribution in [3.05, 3.63) is 71.8 Å². The van der Waals surface area contributed by atoms with E-state index in [0.717, 1.165) is 37.7 Å². The maximum absolute atomic E-state index is 14.5. The summed E-state index contributed by atoms with van der Waals surface area (Å²) < 4.78 is 5.41. The number of alkyl carbamates (subject to hydrolysis) is 1. The molecule has 4 rings (SSSR count). The summed E-state index contributed by atoms with van der Waals surface area (Å²) in [4.78, 5) is 97.0. The van der Waals surface area contributed by atoms with Gasteiger partial charge in [-0.15, -0.1) is 0 Å². The van der Waals surface area contributed by atoms with E-state index in [0.29, 0.717) is 12.0 Å². The van der Waals surface area contributed by atoms with E-state index in [1.807, 2.05) is 44.2 Å². The fourth-order valence-corrected chi connectivity index (χ4v) is 7.37. The van der Waals surface area contributed by atoms with Crippen LogP contribution in [-0.2, 0) is 33.5 Å². The van der Waals surface area contributed by atoms with Crippen molar-refractivity contribution < 1.29 is 38.3 Å². The van der Waals surface area contributed by atoms with Crippen molar-refractivity contribution in [3.8, 4) is 0 Å². The van der Waals surface area contributed by atoms with Crippen molar-refractivity contribution in [3.63, 3.8) is 0 Å². The second kappa shape index (κ2) is 21.1. The molecule has 1 heterocycles. The molecule has 0 aromatic heterocycles. The number of likely N-dealkylation sites (N-methyl/N-ethyl adjacent to an activating group) is 1. The minimum atomic E-state index is -1.23. The number of amides is 6. The van der Waals surface area contributed by atoms with Gasteiger partial charge in [-0.05, 0) is 48.6 Å². The normalized spacial score (nSPS) is 18.6. The molecule has 56 heavy (non-hydrogen) atoms. The van der Waals surface area contributed by atoms with Crippen LogP contribution in [0.1, 0.15) is 95.2 Å². The molecule has 0 bridgehead atoms. The Morgan fingerprint density at radius 2 is 1.50 bits per heavy atom. The number of rotatable bonds is 17. The predicted molar refractivity (Wildman–Crippen MR) is 210 cm³/mol. The van der Waals surface area contributed by atoms with E-state index >= 15 is 0 Å². The highest BCUT2D eigenvalue weighted by Crippen LogP contribution is 2.35. The van der Waals surface area contributed by atoms with E-state index in [1.165, 1.54) is 9.80 Å². The molecule has 2 aromatic carbocycles. The van der Waals surface area contributed by atoms with Gasteiger partial charge < -0.3 is 35.8 Å². The van der Waals surface area contributed by atoms with E-state index < -0.39 is 60.3 Å². The number of Topliss-reactive ketones (excluding diaryl/α,β-unsaturated/α-hetero) is 1. The number of hydrogen-bond donors (Lipinski definition) is 4. The van der Waals surface area contributed by atoms with Crippen LogP contribution in [-0.4, -0.2) is 103 Å². The Hall–Kier alpha value is -5.27. The molecule has 14 heteroatoms. The van der Waals surface area contributed by atoms with Gasteiger partial charge >= 0.3 is 6.09 Å². The third kappa shape index (κ3) is 12.1. The molecule has 1 saturated carbocycles. The molecule has 2 aromatic rings. The molecule has 4 N–H and O–H groups in total. The number of likely N-dealkylation sites (tertiary alicyclic amines) is 1. The average Bonchev–Trinajstić information content (AvgIpc) is 3.66. The molecule has 0 radical (unpaired) electrons. The van der Waals surface area contributed by atoms with Crippen LogP contribution in [0.15, 0.2) is 60.7 Å². The SMILES string of the molecule is CCCC(NC(=O)C1C[C@@H](c2ccccc2)CN1C(=O)[C@@H](NC(=O)OCC(C)C)C1CCCCC1)C(=O)C(=O)NCC(=O)N[C@H](C(=O)N(C)C)c1ccccc1. The van der Waals surface area contributed by atoms with E-state index in [-0.39, 0.29) is 55.6 Å². The van der Waals surface area contributed by atoms with Gasteiger partial charge in [0.2, 0.25) is 29.4 Å². The Morgan fingerprint density at radius 3 is 2.11 bits per heavy atom. The molecule has 2 unspecified atom stereocenters. The number of carbonyl (C=O) groups excluding carboxylic acids is 7. The summed E-state index contributed by atoms with van der Waals surface area (Å²) in [6.07, 6.45) is 4.52. The van der Waals surface area contributed by atoms with Gasteiger partial charge in [0.15, 0.2) is 0 Å². The molecular weight excluding hydrogens is 716 g/mol. The van der Waals surface area contributed by atoms with Crippen LogP contribution in [0.3, 0.4) is 0 Å². The van der Waals surface area contributed by atoms with Crippen LogP contribution in [0.25, 0.3) is 0 Å². The van der Waals surface area contributed by atoms with Crippen molar-refractivity contribution in [2.45, 2.75) is 102 Å². The molecule has 1 saturated heterocycles. The maximum atomic E-state index is 14.5. The van der Waals surface area contributed by atoms with Crippen LogP contribution >= 0.6 is 0 Å². The van der Waals surface area contributed by atoms with Crippen molar-refractivity contribution in [1.29, 1.82) is 0 Å². The highest BCUT2D eigenvalue weighted by molar-refractivity contribution is 6.38. The first-order chi connectivity index (χ1) is 26.8. The Bertz CT molecular complexity index is 1660. The Balaban J connectivity index is 1.49. The number of hydrogen-bond acceptors (Lipinski definition) is 8. The Labute approximate surface area is 329 Å². The monoisotopic (exact) mass is 774 g/mol. The number of ether oxygens (including phenoxy) is 1. The van der Waals surface area contributed by atoms with E-state index in [4.69, 9.17) is 4.74 Å². The molecule has 304 valence electrons. The topological polar surface area (TPSA) is 183 Å². The maximum Gasteiger partial charge on any atom is 0.407 e. The zero-order chi connectivity index (χ0) is 40.8. The Morgan fingerprint density at radius 1 is 0.857 bits per heavy atom. The lowest BCUT2D eigenvalue weighted by Gasteiger charge is -2.34. The summed E-state index contributed by atoms with van der Waals surface area (Å²) in [6.45, 7) is 5.47. The lowest BCUT2D eigenvalue weighted by Crippen LogP contribution is -2.58. The Kier molecular flexibility index (Phi) is 16.4. The largest absolute Gasteiger partial charge is 0.449 e. The number of ketones is 1. The number of nitrogens with zero attached hydrogens (tertiary/aromatic N) is 2. The van der Waals surface area contributed by atoms with Crippen molar-refractivity contribution in [2.24, 2.45) is 11.8 Å². The fraction of sp³-hybridized carbons (Fsp3) is 0.548. The summed E-state index contributed by atoms with van der Waals surface area (Å²) in [6, 6.07) is 14.1. The number of benzene rings is 2. The lowest BCUT2D eigenvalue weighted by atomic mass is 9.83. The standard InChI is InChI=1S/C42H58N6O8/c1-6-16-32(37(50)39(52)43-24-34(49)45-35(40(53)47(4)5)29-19-12-8-13-20-29)44-38(51)33-23-31(28-17-10-7-11-18-28)25-48(33)41(54)36(30-21-14-9-15-22-30)46-42(55)56-26-27(2)3/h7-8,10-13,17-20,27,30-33,35-36H,6,9,14-16,21-26H2,1-5H3,(H,43,52)(H,44,51)(H,45,49)(H,46,55)/t31-,32?,33?,35+,36+/m1/s1.